The summed E-state index contributed by atoms with van der Waals surface area (Å²) in [6.45, 7) is 5.60. The molecule has 4 aromatic heterocycles. The van der Waals surface area contributed by atoms with Gasteiger partial charge in [-0.15, -0.1) is 5.10 Å². The summed E-state index contributed by atoms with van der Waals surface area (Å²) in [6, 6.07) is 4.87. The number of hydrogen-bond acceptors (Lipinski definition) is 9. The molecule has 5 heterocycles. The number of imide groups is 1. The zero-order valence-corrected chi connectivity index (χ0v) is 22.4. The van der Waals surface area contributed by atoms with E-state index >= 15 is 0 Å². The molecule has 40 heavy (non-hydrogen) atoms. The molecule has 4 amide bonds. The molecule has 2 aliphatic rings. The lowest BCUT2D eigenvalue weighted by atomic mass is 10.2. The molecule has 1 unspecified atom stereocenters. The number of fused-ring (bicyclic) bond motifs is 1. The third-order valence-electron chi connectivity index (χ3n) is 7.05. The van der Waals surface area contributed by atoms with E-state index in [4.69, 9.17) is 9.72 Å². The van der Waals surface area contributed by atoms with Crippen LogP contribution >= 0.6 is 0 Å². The Kier molecular flexibility index (Phi) is 6.12. The van der Waals surface area contributed by atoms with Crippen LogP contribution in [-0.2, 0) is 9.59 Å². The van der Waals surface area contributed by atoms with Gasteiger partial charge in [-0.3, -0.25) is 19.4 Å². The Hall–Kier alpha value is -4.94. The Morgan fingerprint density at radius 1 is 1.18 bits per heavy atom. The maximum Gasteiger partial charge on any atom is 0.331 e. The van der Waals surface area contributed by atoms with Crippen molar-refractivity contribution in [2.75, 3.05) is 23.8 Å². The summed E-state index contributed by atoms with van der Waals surface area (Å²) in [5.74, 6) is 0.684. The number of likely N-dealkylation sites (N-methyl/N-ethyl adjacent to an activating group) is 1. The van der Waals surface area contributed by atoms with Gasteiger partial charge in [-0.2, -0.15) is 5.10 Å². The summed E-state index contributed by atoms with van der Waals surface area (Å²) < 4.78 is 7.91. The van der Waals surface area contributed by atoms with Crippen LogP contribution in [0.15, 0.2) is 43.0 Å². The summed E-state index contributed by atoms with van der Waals surface area (Å²) in [7, 11) is 1.46. The van der Waals surface area contributed by atoms with Gasteiger partial charge >= 0.3 is 6.03 Å². The van der Waals surface area contributed by atoms with Crippen molar-refractivity contribution in [1.82, 2.24) is 34.4 Å². The van der Waals surface area contributed by atoms with Crippen LogP contribution in [0.1, 0.15) is 48.1 Å². The van der Waals surface area contributed by atoms with E-state index in [1.54, 1.807) is 12.3 Å². The van der Waals surface area contributed by atoms with E-state index in [-0.39, 0.29) is 36.0 Å². The lowest BCUT2D eigenvalue weighted by molar-refractivity contribution is -0.124. The van der Waals surface area contributed by atoms with Crippen molar-refractivity contribution in [3.63, 3.8) is 0 Å². The van der Waals surface area contributed by atoms with E-state index in [1.165, 1.54) is 18.1 Å². The van der Waals surface area contributed by atoms with Crippen LogP contribution in [-0.4, -0.2) is 65.9 Å². The zero-order chi connectivity index (χ0) is 28.1. The number of hydrogen-bond donors (Lipinski definition) is 1. The summed E-state index contributed by atoms with van der Waals surface area (Å²) in [5, 5.41) is 10.8. The van der Waals surface area contributed by atoms with E-state index in [9.17, 15) is 14.4 Å². The van der Waals surface area contributed by atoms with Crippen LogP contribution in [0.2, 0.25) is 0 Å². The molecule has 204 valence electrons. The maximum absolute atomic E-state index is 12.8. The third kappa shape index (κ3) is 4.70. The lowest BCUT2D eigenvalue weighted by Gasteiger charge is -2.16. The number of imidazole rings is 1. The molecule has 0 spiro atoms. The minimum absolute atomic E-state index is 0.00902. The first-order valence-corrected chi connectivity index (χ1v) is 12.8. The Bertz CT molecular complexity index is 1670. The van der Waals surface area contributed by atoms with Gasteiger partial charge in [0.25, 0.3) is 0 Å². The molecule has 13 nitrogen and oxygen atoms in total. The van der Waals surface area contributed by atoms with Crippen molar-refractivity contribution in [3.05, 3.63) is 65.8 Å². The summed E-state index contributed by atoms with van der Waals surface area (Å²) in [4.78, 5) is 53.5. The molecule has 1 saturated heterocycles. The highest BCUT2D eigenvalue weighted by Gasteiger charge is 2.46. The molecule has 0 aromatic carbocycles. The number of nitrogens with one attached hydrogen (secondary N) is 1. The van der Waals surface area contributed by atoms with Gasteiger partial charge in [-0.1, -0.05) is 0 Å². The molecule has 3 atom stereocenters. The molecule has 13 heteroatoms. The monoisotopic (exact) mass is 541 g/mol. The second-order valence-corrected chi connectivity index (χ2v) is 10.2. The van der Waals surface area contributed by atoms with Crippen LogP contribution in [0.5, 0.6) is 5.75 Å². The number of ether oxygens (including phenoxy) is 1. The Morgan fingerprint density at radius 2 is 2.00 bits per heavy atom. The molecular formula is C27H27N9O4. The van der Waals surface area contributed by atoms with E-state index in [0.29, 0.717) is 35.0 Å². The number of carbonyl (C=O) groups is 3. The molecule has 1 N–H and O–H groups in total. The minimum atomic E-state index is -0.495. The molecule has 1 saturated carbocycles. The largest absolute Gasteiger partial charge is 0.483 e. The highest BCUT2D eigenvalue weighted by Crippen LogP contribution is 2.46. The fraction of sp³-hybridized carbons (Fsp3) is 0.333. The number of aryl methyl sites for hydroxylation is 2. The van der Waals surface area contributed by atoms with Crippen molar-refractivity contribution in [2.45, 2.75) is 39.2 Å². The molecule has 6 rings (SSSR count). The van der Waals surface area contributed by atoms with Crippen LogP contribution in [0, 0.1) is 19.8 Å². The number of aromatic nitrogens is 6. The molecular weight excluding hydrogens is 514 g/mol. The number of rotatable bonds is 7. The number of carbonyl (C=O) groups excluding carboxylic acids is 3. The second-order valence-electron chi connectivity index (χ2n) is 10.2. The van der Waals surface area contributed by atoms with Gasteiger partial charge in [0.15, 0.2) is 11.5 Å². The fourth-order valence-electron chi connectivity index (χ4n) is 4.79. The fourth-order valence-corrected chi connectivity index (χ4v) is 4.79. The van der Waals surface area contributed by atoms with Crippen LogP contribution < -0.4 is 15.0 Å². The van der Waals surface area contributed by atoms with Crippen molar-refractivity contribution in [3.8, 4) is 5.75 Å². The van der Waals surface area contributed by atoms with Gasteiger partial charge in [0, 0.05) is 49.2 Å². The zero-order valence-electron chi connectivity index (χ0n) is 22.4. The number of pyridine rings is 1. The average molecular weight is 542 g/mol. The molecule has 0 radical (unpaired) electrons. The number of anilines is 2. The highest BCUT2D eigenvalue weighted by molar-refractivity contribution is 6.13. The van der Waals surface area contributed by atoms with Gasteiger partial charge in [-0.05, 0) is 44.9 Å². The van der Waals surface area contributed by atoms with E-state index < -0.39 is 12.1 Å². The van der Waals surface area contributed by atoms with E-state index in [2.05, 4.69) is 25.5 Å². The maximum atomic E-state index is 12.8. The average Bonchev–Trinajstić information content (AvgIpc) is 3.55. The molecule has 1 aliphatic heterocycles. The van der Waals surface area contributed by atoms with Gasteiger partial charge in [0.05, 0.1) is 17.6 Å². The number of urea groups is 1. The first-order valence-electron chi connectivity index (χ1n) is 12.8. The van der Waals surface area contributed by atoms with E-state index in [1.807, 2.05) is 49.7 Å². The van der Waals surface area contributed by atoms with Gasteiger partial charge in [0.2, 0.25) is 11.8 Å². The minimum Gasteiger partial charge on any atom is -0.483 e. The topological polar surface area (TPSA) is 148 Å². The van der Waals surface area contributed by atoms with Gasteiger partial charge in [-0.25, -0.2) is 19.7 Å². The standard InChI is InChI=1S/C27H27N9O4/c1-14-7-21(36-13-23(37)34(4)27(36)39)25-31-20(12-35(25)11-14)16(3)40-17-8-22(33-29-10-17)32-26(38)19-9-18(19)24-28-6-5-15(2)30-24/h5-8,10-12,16,18-19H,9,13H2,1-4H3,(H,32,33,38)/t16?,18-,19-/m0/s1. The Morgan fingerprint density at radius 3 is 2.75 bits per heavy atom. The Labute approximate surface area is 229 Å². The highest BCUT2D eigenvalue weighted by atomic mass is 16.5. The second kappa shape index (κ2) is 9.67. The molecule has 2 fully saturated rings. The summed E-state index contributed by atoms with van der Waals surface area (Å²) in [5.41, 5.74) is 3.46. The normalized spacial score (nSPS) is 19.3. The smallest absolute Gasteiger partial charge is 0.331 e. The van der Waals surface area contributed by atoms with Gasteiger partial charge < -0.3 is 14.5 Å². The van der Waals surface area contributed by atoms with Crippen LogP contribution in [0.3, 0.4) is 0 Å². The van der Waals surface area contributed by atoms with E-state index in [0.717, 1.165) is 16.2 Å². The van der Waals surface area contributed by atoms with Crippen molar-refractivity contribution in [1.29, 1.82) is 0 Å². The SMILES string of the molecule is Cc1cc(N2CC(=O)N(C)C2=O)c2nc(C(C)Oc3cnnc(NC(=O)[C@H]4C[C@@H]4c4nccc(C)n4)c3)cn2c1. The Balaban J connectivity index is 1.16. The molecule has 0 bridgehead atoms. The predicted octanol–water partition coefficient (Wildman–Crippen LogP) is 2.81. The number of nitrogens with zero attached hydrogens (tertiary/aromatic N) is 8. The van der Waals surface area contributed by atoms with Crippen molar-refractivity contribution >= 4 is 35.0 Å². The first kappa shape index (κ1) is 25.3. The van der Waals surface area contributed by atoms with Crippen LogP contribution in [0.4, 0.5) is 16.3 Å². The number of amides is 4. The summed E-state index contributed by atoms with van der Waals surface area (Å²) in [6.07, 6.45) is 7.06. The third-order valence-corrected chi connectivity index (χ3v) is 7.05. The van der Waals surface area contributed by atoms with Crippen molar-refractivity contribution in [2.24, 2.45) is 5.92 Å². The lowest BCUT2D eigenvalue weighted by Crippen LogP contribution is -2.30. The predicted molar refractivity (Wildman–Crippen MR) is 143 cm³/mol. The first-order chi connectivity index (χ1) is 19.2. The van der Waals surface area contributed by atoms with Gasteiger partial charge in [0.1, 0.15) is 24.2 Å². The van der Waals surface area contributed by atoms with Crippen molar-refractivity contribution < 1.29 is 19.1 Å². The quantitative estimate of drug-likeness (QED) is 0.349. The van der Waals surface area contributed by atoms with Crippen LogP contribution in [0.25, 0.3) is 5.65 Å². The molecule has 1 aliphatic carbocycles. The molecule has 4 aromatic rings. The summed E-state index contributed by atoms with van der Waals surface area (Å²) >= 11 is 0.